The smallest absolute Gasteiger partial charge is 0.271 e. The van der Waals surface area contributed by atoms with Crippen LogP contribution in [0.25, 0.3) is 0 Å². The van der Waals surface area contributed by atoms with Crippen LogP contribution in [0.3, 0.4) is 0 Å². The quantitative estimate of drug-likeness (QED) is 0.316. The van der Waals surface area contributed by atoms with Crippen molar-refractivity contribution in [3.8, 4) is 11.5 Å². The lowest BCUT2D eigenvalue weighted by Crippen LogP contribution is -2.17. The van der Waals surface area contributed by atoms with Crippen LogP contribution in [0.5, 0.6) is 11.5 Å². The zero-order valence-electron chi connectivity index (χ0n) is 16.9. The summed E-state index contributed by atoms with van der Waals surface area (Å²) in [6.07, 6.45) is 1.35. The molecule has 0 atom stereocenters. The van der Waals surface area contributed by atoms with Crippen LogP contribution in [0.4, 0.5) is 5.69 Å². The fourth-order valence-electron chi connectivity index (χ4n) is 2.67. The van der Waals surface area contributed by atoms with E-state index in [4.69, 9.17) is 9.47 Å². The van der Waals surface area contributed by atoms with Gasteiger partial charge in [-0.3, -0.25) is 14.9 Å². The van der Waals surface area contributed by atoms with E-state index >= 15 is 0 Å². The number of carbonyl (C=O) groups excluding carboxylic acids is 1. The van der Waals surface area contributed by atoms with Crippen LogP contribution in [0.15, 0.2) is 77.9 Å². The van der Waals surface area contributed by atoms with Crippen molar-refractivity contribution in [2.24, 2.45) is 5.10 Å². The van der Waals surface area contributed by atoms with Gasteiger partial charge in [0.15, 0.2) is 0 Å². The summed E-state index contributed by atoms with van der Waals surface area (Å²) in [6.45, 7) is 2.90. The summed E-state index contributed by atoms with van der Waals surface area (Å²) in [4.78, 5) is 22.5. The molecule has 0 saturated carbocycles. The van der Waals surface area contributed by atoms with Gasteiger partial charge in [0.1, 0.15) is 18.1 Å². The molecule has 0 spiro atoms. The molecular weight excluding hydrogens is 398 g/mol. The highest BCUT2D eigenvalue weighted by atomic mass is 16.6. The highest BCUT2D eigenvalue weighted by molar-refractivity contribution is 5.94. The minimum Gasteiger partial charge on any atom is -0.494 e. The van der Waals surface area contributed by atoms with E-state index in [1.165, 1.54) is 18.3 Å². The summed E-state index contributed by atoms with van der Waals surface area (Å²) in [5.41, 5.74) is 4.21. The van der Waals surface area contributed by atoms with Gasteiger partial charge in [0.25, 0.3) is 11.6 Å². The third-order valence-corrected chi connectivity index (χ3v) is 4.22. The van der Waals surface area contributed by atoms with Gasteiger partial charge >= 0.3 is 0 Å². The normalized spacial score (nSPS) is 10.6. The van der Waals surface area contributed by atoms with Gasteiger partial charge in [-0.2, -0.15) is 5.10 Å². The second kappa shape index (κ2) is 10.5. The number of nitrogens with one attached hydrogen (secondary N) is 1. The molecule has 0 aliphatic heterocycles. The molecule has 8 nitrogen and oxygen atoms in total. The Balaban J connectivity index is 1.51. The first-order valence-corrected chi connectivity index (χ1v) is 9.57. The number of ether oxygens (including phenoxy) is 2. The Hall–Kier alpha value is -4.20. The summed E-state index contributed by atoms with van der Waals surface area (Å²) >= 11 is 0. The Morgan fingerprint density at radius 1 is 1.03 bits per heavy atom. The molecule has 3 aromatic rings. The van der Waals surface area contributed by atoms with E-state index in [-0.39, 0.29) is 11.6 Å². The second-order valence-corrected chi connectivity index (χ2v) is 6.44. The van der Waals surface area contributed by atoms with Crippen LogP contribution in [0, 0.1) is 10.1 Å². The van der Waals surface area contributed by atoms with Crippen molar-refractivity contribution in [2.75, 3.05) is 6.61 Å². The Kier molecular flexibility index (Phi) is 7.31. The lowest BCUT2D eigenvalue weighted by Gasteiger charge is -2.08. The van der Waals surface area contributed by atoms with Crippen molar-refractivity contribution in [3.63, 3.8) is 0 Å². The predicted molar refractivity (Wildman–Crippen MR) is 117 cm³/mol. The summed E-state index contributed by atoms with van der Waals surface area (Å²) < 4.78 is 11.1. The van der Waals surface area contributed by atoms with Gasteiger partial charge in [0.2, 0.25) is 0 Å². The third-order valence-electron chi connectivity index (χ3n) is 4.22. The molecule has 0 unspecified atom stereocenters. The van der Waals surface area contributed by atoms with Crippen molar-refractivity contribution < 1.29 is 19.2 Å². The Morgan fingerprint density at radius 3 is 2.35 bits per heavy atom. The van der Waals surface area contributed by atoms with E-state index in [2.05, 4.69) is 10.5 Å². The molecule has 0 aromatic heterocycles. The maximum absolute atomic E-state index is 12.2. The number of amides is 1. The molecule has 0 fully saturated rings. The number of hydrazone groups is 1. The number of nitro groups is 1. The first-order chi connectivity index (χ1) is 15.0. The van der Waals surface area contributed by atoms with Gasteiger partial charge in [-0.1, -0.05) is 24.3 Å². The number of benzene rings is 3. The molecule has 0 radical (unpaired) electrons. The first kappa shape index (κ1) is 21.5. The number of non-ortho nitro benzene ring substituents is 1. The molecule has 31 heavy (non-hydrogen) atoms. The molecule has 3 aromatic carbocycles. The molecular formula is C23H21N3O5. The molecule has 1 N–H and O–H groups in total. The number of rotatable bonds is 9. The van der Waals surface area contributed by atoms with Crippen molar-refractivity contribution in [1.29, 1.82) is 0 Å². The average molecular weight is 419 g/mol. The van der Waals surface area contributed by atoms with E-state index in [0.29, 0.717) is 24.3 Å². The lowest BCUT2D eigenvalue weighted by atomic mass is 10.1. The van der Waals surface area contributed by atoms with Crippen LogP contribution in [0.2, 0.25) is 0 Å². The summed E-state index contributed by atoms with van der Waals surface area (Å²) in [7, 11) is 0. The highest BCUT2D eigenvalue weighted by Gasteiger charge is 2.06. The van der Waals surface area contributed by atoms with Gasteiger partial charge in [-0.25, -0.2) is 5.43 Å². The summed E-state index contributed by atoms with van der Waals surface area (Å²) in [5.74, 6) is 1.12. The van der Waals surface area contributed by atoms with E-state index in [1.54, 1.807) is 36.4 Å². The monoisotopic (exact) mass is 419 g/mol. The Labute approximate surface area is 179 Å². The van der Waals surface area contributed by atoms with Crippen molar-refractivity contribution in [3.05, 3.63) is 99.6 Å². The lowest BCUT2D eigenvalue weighted by molar-refractivity contribution is -0.384. The largest absolute Gasteiger partial charge is 0.494 e. The number of nitro benzene ring substituents is 1. The molecule has 0 saturated heterocycles. The summed E-state index contributed by atoms with van der Waals surface area (Å²) in [6, 6.07) is 20.3. The van der Waals surface area contributed by atoms with E-state index in [1.807, 2.05) is 31.2 Å². The fraction of sp³-hybridized carbons (Fsp3) is 0.130. The Morgan fingerprint density at radius 2 is 1.71 bits per heavy atom. The molecule has 8 heteroatoms. The maximum atomic E-state index is 12.2. The number of hydrogen-bond acceptors (Lipinski definition) is 6. The summed E-state index contributed by atoms with van der Waals surface area (Å²) in [5, 5.41) is 14.6. The second-order valence-electron chi connectivity index (χ2n) is 6.44. The predicted octanol–water partition coefficient (Wildman–Crippen LogP) is 4.34. The van der Waals surface area contributed by atoms with E-state index < -0.39 is 4.92 Å². The molecule has 0 aliphatic rings. The zero-order chi connectivity index (χ0) is 22.1. The van der Waals surface area contributed by atoms with Crippen LogP contribution in [-0.2, 0) is 6.61 Å². The number of nitrogens with zero attached hydrogens (tertiary/aromatic N) is 2. The number of hydrogen-bond donors (Lipinski definition) is 1. The minimum atomic E-state index is -0.489. The van der Waals surface area contributed by atoms with Gasteiger partial charge < -0.3 is 9.47 Å². The van der Waals surface area contributed by atoms with E-state index in [9.17, 15) is 14.9 Å². The number of carbonyl (C=O) groups is 1. The first-order valence-electron chi connectivity index (χ1n) is 9.57. The van der Waals surface area contributed by atoms with Crippen LogP contribution in [0.1, 0.15) is 28.4 Å². The SMILES string of the molecule is CCOc1ccc(OCc2ccc(C(=O)N/N=C\c3cccc([N+](=O)[O-])c3)cc2)cc1. The topological polar surface area (TPSA) is 103 Å². The van der Waals surface area contributed by atoms with Crippen molar-refractivity contribution in [1.82, 2.24) is 5.43 Å². The van der Waals surface area contributed by atoms with Crippen molar-refractivity contribution >= 4 is 17.8 Å². The van der Waals surface area contributed by atoms with Gasteiger partial charge in [-0.15, -0.1) is 0 Å². The standard InChI is InChI=1S/C23H21N3O5/c1-2-30-21-10-12-22(13-11-21)31-16-17-6-8-19(9-7-17)23(27)25-24-15-18-4-3-5-20(14-18)26(28)29/h3-15H,2,16H2,1H3,(H,25,27)/b24-15-. The molecule has 0 aliphatic carbocycles. The van der Waals surface area contributed by atoms with Crippen molar-refractivity contribution in [2.45, 2.75) is 13.5 Å². The maximum Gasteiger partial charge on any atom is 0.271 e. The third kappa shape index (κ3) is 6.40. The van der Waals surface area contributed by atoms with Gasteiger partial charge in [0, 0.05) is 23.3 Å². The average Bonchev–Trinajstić information content (AvgIpc) is 2.79. The zero-order valence-corrected chi connectivity index (χ0v) is 16.9. The Bertz CT molecular complexity index is 1060. The van der Waals surface area contributed by atoms with Crippen LogP contribution in [-0.4, -0.2) is 23.7 Å². The molecule has 0 heterocycles. The molecule has 0 bridgehead atoms. The fourth-order valence-corrected chi connectivity index (χ4v) is 2.67. The van der Waals surface area contributed by atoms with Crippen LogP contribution >= 0.6 is 0 Å². The van der Waals surface area contributed by atoms with Crippen LogP contribution < -0.4 is 14.9 Å². The molecule has 158 valence electrons. The van der Waals surface area contributed by atoms with Gasteiger partial charge in [-0.05, 0) is 48.9 Å². The highest BCUT2D eigenvalue weighted by Crippen LogP contribution is 2.19. The molecule has 1 amide bonds. The van der Waals surface area contributed by atoms with E-state index in [0.717, 1.165) is 17.1 Å². The molecule has 3 rings (SSSR count). The minimum absolute atomic E-state index is 0.0432. The van der Waals surface area contributed by atoms with Gasteiger partial charge in [0.05, 0.1) is 17.7 Å².